The van der Waals surface area contributed by atoms with Crippen LogP contribution in [0.15, 0.2) is 29.6 Å². The molecule has 1 unspecified atom stereocenters. The van der Waals surface area contributed by atoms with Gasteiger partial charge in [-0.2, -0.15) is 0 Å². The van der Waals surface area contributed by atoms with Crippen LogP contribution in [-0.4, -0.2) is 0 Å². The van der Waals surface area contributed by atoms with Crippen molar-refractivity contribution in [2.75, 3.05) is 0 Å². The van der Waals surface area contributed by atoms with Crippen molar-refractivity contribution >= 4 is 27.3 Å². The highest BCUT2D eigenvalue weighted by Gasteiger charge is 2.16. The summed E-state index contributed by atoms with van der Waals surface area (Å²) in [7, 11) is 0. The molecule has 1 aromatic carbocycles. The van der Waals surface area contributed by atoms with E-state index in [-0.39, 0.29) is 4.83 Å². The monoisotopic (exact) mass is 316 g/mol. The Morgan fingerprint density at radius 1 is 1.29 bits per heavy atom. The second-order valence-electron chi connectivity index (χ2n) is 3.87. The molecule has 2 aromatic rings. The number of benzene rings is 1. The average Bonchev–Trinajstić information content (AvgIpc) is 2.76. The van der Waals surface area contributed by atoms with Gasteiger partial charge in [0.05, 0.1) is 0 Å². The van der Waals surface area contributed by atoms with Gasteiger partial charge >= 0.3 is 0 Å². The lowest BCUT2D eigenvalue weighted by Crippen LogP contribution is -2.00. The number of thiophene rings is 1. The molecule has 0 aliphatic rings. The Labute approximate surface area is 111 Å². The van der Waals surface area contributed by atoms with Crippen LogP contribution in [0, 0.1) is 18.6 Å². The van der Waals surface area contributed by atoms with Crippen LogP contribution in [0.2, 0.25) is 0 Å². The molecule has 0 aliphatic carbocycles. The fourth-order valence-electron chi connectivity index (χ4n) is 1.63. The molecule has 90 valence electrons. The summed E-state index contributed by atoms with van der Waals surface area (Å²) in [6.07, 6.45) is 0.708. The third kappa shape index (κ3) is 2.93. The largest absolute Gasteiger partial charge is 0.207 e. The standard InChI is InChI=1S/C13H11BrF2S/c1-8-5-10(13(16)7-12(8)15)11(14)6-9-3-2-4-17-9/h2-5,7,11H,6H2,1H3. The van der Waals surface area contributed by atoms with Gasteiger partial charge in [-0.1, -0.05) is 22.0 Å². The van der Waals surface area contributed by atoms with Gasteiger partial charge in [0.15, 0.2) is 0 Å². The molecule has 1 aromatic heterocycles. The molecule has 1 heterocycles. The van der Waals surface area contributed by atoms with Crippen LogP contribution < -0.4 is 0 Å². The maximum atomic E-state index is 13.6. The van der Waals surface area contributed by atoms with E-state index in [0.29, 0.717) is 17.5 Å². The molecule has 0 saturated heterocycles. The van der Waals surface area contributed by atoms with Crippen LogP contribution >= 0.6 is 27.3 Å². The number of hydrogen-bond donors (Lipinski definition) is 0. The quantitative estimate of drug-likeness (QED) is 0.698. The molecular weight excluding hydrogens is 306 g/mol. The van der Waals surface area contributed by atoms with Crippen molar-refractivity contribution in [1.29, 1.82) is 0 Å². The Bertz CT molecular complexity index is 508. The van der Waals surface area contributed by atoms with Gasteiger partial charge in [-0.15, -0.1) is 11.3 Å². The highest BCUT2D eigenvalue weighted by Crippen LogP contribution is 2.31. The van der Waals surface area contributed by atoms with Crippen molar-refractivity contribution in [3.8, 4) is 0 Å². The molecule has 0 bridgehead atoms. The first-order chi connectivity index (χ1) is 8.08. The van der Waals surface area contributed by atoms with Gasteiger partial charge in [-0.3, -0.25) is 0 Å². The van der Waals surface area contributed by atoms with E-state index in [4.69, 9.17) is 0 Å². The van der Waals surface area contributed by atoms with Gasteiger partial charge in [0.1, 0.15) is 11.6 Å². The smallest absolute Gasteiger partial charge is 0.130 e. The van der Waals surface area contributed by atoms with Crippen LogP contribution in [0.25, 0.3) is 0 Å². The molecular formula is C13H11BrF2S. The van der Waals surface area contributed by atoms with E-state index in [1.54, 1.807) is 24.3 Å². The molecule has 1 atom stereocenters. The maximum absolute atomic E-state index is 13.6. The summed E-state index contributed by atoms with van der Waals surface area (Å²) in [6, 6.07) is 6.49. The van der Waals surface area contributed by atoms with Gasteiger partial charge in [-0.25, -0.2) is 8.78 Å². The van der Waals surface area contributed by atoms with E-state index in [1.807, 2.05) is 17.5 Å². The lowest BCUT2D eigenvalue weighted by molar-refractivity contribution is 0.566. The van der Waals surface area contributed by atoms with Gasteiger partial charge in [0, 0.05) is 21.3 Å². The Hall–Kier alpha value is -0.740. The van der Waals surface area contributed by atoms with E-state index >= 15 is 0 Å². The predicted molar refractivity (Wildman–Crippen MR) is 70.8 cm³/mol. The molecule has 4 heteroatoms. The highest BCUT2D eigenvalue weighted by molar-refractivity contribution is 9.09. The molecule has 0 fully saturated rings. The molecule has 17 heavy (non-hydrogen) atoms. The minimum atomic E-state index is -0.498. The van der Waals surface area contributed by atoms with Crippen LogP contribution in [0.3, 0.4) is 0 Å². The summed E-state index contributed by atoms with van der Waals surface area (Å²) in [5, 5.41) is 1.99. The second-order valence-corrected chi connectivity index (χ2v) is 6.01. The van der Waals surface area contributed by atoms with Crippen LogP contribution in [0.5, 0.6) is 0 Å². The summed E-state index contributed by atoms with van der Waals surface area (Å²) in [4.78, 5) is 1.05. The highest BCUT2D eigenvalue weighted by atomic mass is 79.9. The van der Waals surface area contributed by atoms with Gasteiger partial charge in [-0.05, 0) is 36.4 Å². The predicted octanol–water partition coefficient (Wildman–Crippen LogP) is 5.01. The summed E-state index contributed by atoms with van der Waals surface area (Å²) in [5.74, 6) is -0.992. The van der Waals surface area contributed by atoms with Crippen molar-refractivity contribution < 1.29 is 8.78 Å². The van der Waals surface area contributed by atoms with Crippen LogP contribution in [-0.2, 0) is 6.42 Å². The summed E-state index contributed by atoms with van der Waals surface area (Å²) in [6.45, 7) is 1.64. The first-order valence-electron chi connectivity index (χ1n) is 5.20. The van der Waals surface area contributed by atoms with Gasteiger partial charge in [0.25, 0.3) is 0 Å². The molecule has 0 saturated carbocycles. The van der Waals surface area contributed by atoms with E-state index in [9.17, 15) is 8.78 Å². The van der Waals surface area contributed by atoms with Crippen molar-refractivity contribution in [1.82, 2.24) is 0 Å². The minimum Gasteiger partial charge on any atom is -0.207 e. The lowest BCUT2D eigenvalue weighted by atomic mass is 10.1. The number of hydrogen-bond acceptors (Lipinski definition) is 1. The SMILES string of the molecule is Cc1cc(C(Br)Cc2cccs2)c(F)cc1F. The zero-order valence-electron chi connectivity index (χ0n) is 9.21. The van der Waals surface area contributed by atoms with Crippen molar-refractivity contribution in [2.24, 2.45) is 0 Å². The number of alkyl halides is 1. The summed E-state index contributed by atoms with van der Waals surface area (Å²) in [5.41, 5.74) is 0.981. The van der Waals surface area contributed by atoms with E-state index < -0.39 is 11.6 Å². The molecule has 0 radical (unpaired) electrons. The molecule has 0 spiro atoms. The van der Waals surface area contributed by atoms with Gasteiger partial charge in [0.2, 0.25) is 0 Å². The van der Waals surface area contributed by atoms with Crippen molar-refractivity contribution in [3.05, 3.63) is 57.3 Å². The molecule has 0 amide bonds. The zero-order chi connectivity index (χ0) is 12.4. The van der Waals surface area contributed by atoms with Crippen LogP contribution in [0.4, 0.5) is 8.78 Å². The Balaban J connectivity index is 2.24. The summed E-state index contributed by atoms with van der Waals surface area (Å²) < 4.78 is 26.8. The topological polar surface area (TPSA) is 0 Å². The minimum absolute atomic E-state index is 0.125. The third-order valence-corrected chi connectivity index (χ3v) is 4.29. The Morgan fingerprint density at radius 2 is 2.06 bits per heavy atom. The molecule has 0 aliphatic heterocycles. The Morgan fingerprint density at radius 3 is 2.71 bits per heavy atom. The average molecular weight is 317 g/mol. The zero-order valence-corrected chi connectivity index (χ0v) is 11.6. The molecule has 0 nitrogen and oxygen atoms in total. The first kappa shape index (κ1) is 12.7. The number of aryl methyl sites for hydroxylation is 1. The Kier molecular flexibility index (Phi) is 3.94. The molecule has 0 N–H and O–H groups in total. The fraction of sp³-hybridized carbons (Fsp3) is 0.231. The first-order valence-corrected chi connectivity index (χ1v) is 6.99. The number of halogens is 3. The number of rotatable bonds is 3. The van der Waals surface area contributed by atoms with Crippen molar-refractivity contribution in [2.45, 2.75) is 18.2 Å². The summed E-state index contributed by atoms with van der Waals surface area (Å²) >= 11 is 5.09. The normalized spacial score (nSPS) is 12.7. The van der Waals surface area contributed by atoms with Gasteiger partial charge < -0.3 is 0 Å². The van der Waals surface area contributed by atoms with Crippen molar-refractivity contribution in [3.63, 3.8) is 0 Å². The maximum Gasteiger partial charge on any atom is 0.130 e. The van der Waals surface area contributed by atoms with E-state index in [0.717, 1.165) is 6.07 Å². The van der Waals surface area contributed by atoms with E-state index in [2.05, 4.69) is 15.9 Å². The van der Waals surface area contributed by atoms with E-state index in [1.165, 1.54) is 4.88 Å². The van der Waals surface area contributed by atoms with Crippen LogP contribution in [0.1, 0.15) is 20.8 Å². The lowest BCUT2D eigenvalue weighted by Gasteiger charge is -2.11. The molecule has 2 rings (SSSR count). The second kappa shape index (κ2) is 5.27. The fourth-order valence-corrected chi connectivity index (χ4v) is 3.30. The third-order valence-electron chi connectivity index (χ3n) is 2.58.